The second-order valence-corrected chi connectivity index (χ2v) is 6.50. The molecule has 2 N–H and O–H groups in total. The van der Waals surface area contributed by atoms with Gasteiger partial charge in [0, 0.05) is 19.7 Å². The zero-order valence-corrected chi connectivity index (χ0v) is 15.6. The Labute approximate surface area is 147 Å². The van der Waals surface area contributed by atoms with Crippen LogP contribution in [0.2, 0.25) is 0 Å². The average molecular weight is 353 g/mol. The summed E-state index contributed by atoms with van der Waals surface area (Å²) in [5, 5.41) is 13.8. The van der Waals surface area contributed by atoms with E-state index < -0.39 is 11.6 Å². The predicted octanol–water partition coefficient (Wildman–Crippen LogP) is 0.661. The topological polar surface area (TPSA) is 107 Å². The van der Waals surface area contributed by atoms with E-state index in [1.807, 2.05) is 6.92 Å². The second kappa shape index (κ2) is 9.05. The van der Waals surface area contributed by atoms with E-state index in [1.165, 1.54) is 0 Å². The molecule has 1 aromatic heterocycles. The maximum atomic E-state index is 11.6. The van der Waals surface area contributed by atoms with Crippen molar-refractivity contribution in [1.82, 2.24) is 20.4 Å². The number of oxime groups is 1. The van der Waals surface area contributed by atoms with Crippen LogP contribution in [0.3, 0.4) is 0 Å². The minimum Gasteiger partial charge on any atom is -0.457 e. The number of carbonyl (C=O) groups is 2. The molecule has 0 fully saturated rings. The number of carbonyl (C=O) groups excluding carboxylic acids is 2. The number of aryl methyl sites for hydroxylation is 1. The molecule has 0 aliphatic carbocycles. The van der Waals surface area contributed by atoms with E-state index in [2.05, 4.69) is 20.9 Å². The van der Waals surface area contributed by atoms with Crippen LogP contribution in [-0.4, -0.2) is 47.3 Å². The van der Waals surface area contributed by atoms with Gasteiger partial charge in [0.15, 0.2) is 0 Å². The first-order valence-corrected chi connectivity index (χ1v) is 7.96. The third-order valence-corrected chi connectivity index (χ3v) is 3.28. The fraction of sp³-hybridized carbons (Fsp3) is 0.625. The number of amides is 1. The van der Waals surface area contributed by atoms with Crippen LogP contribution < -0.4 is 10.6 Å². The monoisotopic (exact) mass is 353 g/mol. The minimum atomic E-state index is -0.568. The fourth-order valence-electron chi connectivity index (χ4n) is 2.11. The van der Waals surface area contributed by atoms with Crippen LogP contribution in [0.5, 0.6) is 0 Å². The molecule has 1 amide bonds. The highest BCUT2D eigenvalue weighted by molar-refractivity contribution is 5.83. The summed E-state index contributed by atoms with van der Waals surface area (Å²) in [5.74, 6) is 0.0310. The Hall–Kier alpha value is -2.58. The summed E-state index contributed by atoms with van der Waals surface area (Å²) in [4.78, 5) is 27.4. The van der Waals surface area contributed by atoms with E-state index in [1.54, 1.807) is 45.7 Å². The van der Waals surface area contributed by atoms with Crippen molar-refractivity contribution in [2.24, 2.45) is 12.2 Å². The summed E-state index contributed by atoms with van der Waals surface area (Å²) < 4.78 is 6.85. The van der Waals surface area contributed by atoms with Crippen LogP contribution in [0, 0.1) is 0 Å². The molecule has 0 bridgehead atoms. The van der Waals surface area contributed by atoms with Gasteiger partial charge in [-0.05, 0) is 27.7 Å². The van der Waals surface area contributed by atoms with Crippen molar-refractivity contribution in [3.05, 3.63) is 17.5 Å². The van der Waals surface area contributed by atoms with Crippen LogP contribution in [0.25, 0.3) is 0 Å². The van der Waals surface area contributed by atoms with Crippen LogP contribution in [0.15, 0.2) is 11.4 Å². The Morgan fingerprint density at radius 2 is 2.16 bits per heavy atom. The number of hydrogen-bond donors (Lipinski definition) is 2. The lowest BCUT2D eigenvalue weighted by molar-refractivity contribution is -0.160. The fourth-order valence-corrected chi connectivity index (χ4v) is 2.11. The van der Waals surface area contributed by atoms with Gasteiger partial charge in [-0.25, -0.2) is 4.79 Å². The van der Waals surface area contributed by atoms with Gasteiger partial charge in [-0.15, -0.1) is 0 Å². The second-order valence-electron chi connectivity index (χ2n) is 6.50. The Kier molecular flexibility index (Phi) is 7.41. The van der Waals surface area contributed by atoms with Gasteiger partial charge < -0.3 is 20.2 Å². The van der Waals surface area contributed by atoms with E-state index in [0.29, 0.717) is 18.7 Å². The van der Waals surface area contributed by atoms with Gasteiger partial charge >= 0.3 is 5.97 Å². The summed E-state index contributed by atoms with van der Waals surface area (Å²) in [6, 6.07) is -0.179. The summed E-state index contributed by atoms with van der Waals surface area (Å²) >= 11 is 0. The van der Waals surface area contributed by atoms with E-state index in [9.17, 15) is 9.59 Å². The number of rotatable bonds is 8. The molecule has 0 aromatic carbocycles. The molecule has 0 saturated carbocycles. The molecule has 140 valence electrons. The molecule has 9 heteroatoms. The molecule has 0 spiro atoms. The van der Waals surface area contributed by atoms with Gasteiger partial charge in [-0.2, -0.15) is 5.10 Å². The number of nitrogens with one attached hydrogen (secondary N) is 2. The average Bonchev–Trinajstić information content (AvgIpc) is 2.85. The molecule has 0 unspecified atom stereocenters. The van der Waals surface area contributed by atoms with Crippen LogP contribution in [0.4, 0.5) is 0 Å². The molecule has 0 aliphatic rings. The first-order valence-electron chi connectivity index (χ1n) is 7.96. The lowest BCUT2D eigenvalue weighted by Crippen LogP contribution is -2.27. The van der Waals surface area contributed by atoms with Gasteiger partial charge in [0.05, 0.1) is 24.4 Å². The van der Waals surface area contributed by atoms with Gasteiger partial charge in [-0.3, -0.25) is 9.48 Å². The summed E-state index contributed by atoms with van der Waals surface area (Å²) in [6.45, 7) is 6.94. The van der Waals surface area contributed by atoms with Gasteiger partial charge in [-0.1, -0.05) is 5.16 Å². The quantitative estimate of drug-likeness (QED) is 0.234. The Bertz CT molecular complexity index is 619. The summed E-state index contributed by atoms with van der Waals surface area (Å²) in [6.07, 6.45) is 2.76. The molecular weight excluding hydrogens is 326 g/mol. The first-order chi connectivity index (χ1) is 11.7. The number of aromatic nitrogens is 2. The van der Waals surface area contributed by atoms with Crippen molar-refractivity contribution in [2.75, 3.05) is 13.7 Å². The zero-order valence-electron chi connectivity index (χ0n) is 15.6. The van der Waals surface area contributed by atoms with E-state index in [4.69, 9.17) is 9.57 Å². The maximum absolute atomic E-state index is 11.6. The molecule has 9 nitrogen and oxygen atoms in total. The first kappa shape index (κ1) is 20.5. The molecule has 1 atom stereocenters. The van der Waals surface area contributed by atoms with E-state index in [0.717, 1.165) is 11.3 Å². The number of likely N-dealkylation sites (N-methyl/N-ethyl adjacent to an activating group) is 1. The molecule has 0 aliphatic heterocycles. The van der Waals surface area contributed by atoms with Crippen molar-refractivity contribution in [1.29, 1.82) is 0 Å². The highest BCUT2D eigenvalue weighted by Gasteiger charge is 2.18. The van der Waals surface area contributed by atoms with Crippen LogP contribution in [0.1, 0.15) is 45.0 Å². The highest BCUT2D eigenvalue weighted by atomic mass is 16.7. The smallest absolute Gasteiger partial charge is 0.347 e. The van der Waals surface area contributed by atoms with Gasteiger partial charge in [0.25, 0.3) is 0 Å². The van der Waals surface area contributed by atoms with E-state index >= 15 is 0 Å². The number of esters is 1. The molecular formula is C16H27N5O4. The van der Waals surface area contributed by atoms with Gasteiger partial charge in [0.2, 0.25) is 13.0 Å². The van der Waals surface area contributed by atoms with Crippen molar-refractivity contribution < 1.29 is 19.2 Å². The normalized spacial score (nSPS) is 13.1. The molecule has 1 rings (SSSR count). The number of amidine groups is 1. The molecule has 0 saturated heterocycles. The lowest BCUT2D eigenvalue weighted by atomic mass is 10.1. The summed E-state index contributed by atoms with van der Waals surface area (Å²) in [5.41, 5.74) is 1.18. The van der Waals surface area contributed by atoms with Crippen molar-refractivity contribution >= 4 is 18.2 Å². The molecule has 25 heavy (non-hydrogen) atoms. The predicted molar refractivity (Wildman–Crippen MR) is 92.8 cm³/mol. The Balaban J connectivity index is 2.74. The summed E-state index contributed by atoms with van der Waals surface area (Å²) in [7, 11) is 3.51. The van der Waals surface area contributed by atoms with Gasteiger partial charge in [0.1, 0.15) is 11.4 Å². The van der Waals surface area contributed by atoms with E-state index in [-0.39, 0.29) is 12.6 Å². The Morgan fingerprint density at radius 1 is 1.48 bits per heavy atom. The van der Waals surface area contributed by atoms with Crippen LogP contribution in [-0.2, 0) is 32.6 Å². The van der Waals surface area contributed by atoms with Crippen molar-refractivity contribution in [3.63, 3.8) is 0 Å². The molecule has 0 radical (unpaired) electrons. The Morgan fingerprint density at radius 3 is 2.72 bits per heavy atom. The number of ether oxygens (including phenoxy) is 1. The largest absolute Gasteiger partial charge is 0.457 e. The maximum Gasteiger partial charge on any atom is 0.347 e. The number of nitrogens with zero attached hydrogens (tertiary/aromatic N) is 3. The molecule has 1 heterocycles. The minimum absolute atomic E-state index is 0.179. The third kappa shape index (κ3) is 6.82. The highest BCUT2D eigenvalue weighted by Crippen LogP contribution is 2.17. The molecule has 1 aromatic rings. The standard InChI is InChI=1S/C16H27N5O4/c1-11(18-10-22)12-8-19-21(6)13(12)7-14(17-5)20-24-9-15(23)25-16(2,3)4/h8,10-11H,7,9H2,1-6H3,(H,17,20)(H,18,22)/t11-/m0/s1. The lowest BCUT2D eigenvalue weighted by Gasteiger charge is -2.18. The van der Waals surface area contributed by atoms with Crippen molar-refractivity contribution in [3.8, 4) is 0 Å². The zero-order chi connectivity index (χ0) is 19.0. The number of hydrogen-bond acceptors (Lipinski definition) is 6. The SMILES string of the molecule is CN/C(Cc1c([C@H](C)NC=O)cnn1C)=N\OCC(=O)OC(C)(C)C. The van der Waals surface area contributed by atoms with Crippen LogP contribution >= 0.6 is 0 Å². The third-order valence-electron chi connectivity index (χ3n) is 3.28. The van der Waals surface area contributed by atoms with Crippen molar-refractivity contribution in [2.45, 2.75) is 45.8 Å².